The fourth-order valence-electron chi connectivity index (χ4n) is 3.38. The summed E-state index contributed by atoms with van der Waals surface area (Å²) in [4.78, 5) is 66.2. The Labute approximate surface area is 192 Å². The normalized spacial score (nSPS) is 15.1. The molecule has 1 aromatic carbocycles. The summed E-state index contributed by atoms with van der Waals surface area (Å²) < 4.78 is 0. The molecule has 0 fully saturated rings. The van der Waals surface area contributed by atoms with Gasteiger partial charge in [-0.05, 0) is 24.6 Å². The number of nitrogens with two attached hydrogens (primary N) is 1. The van der Waals surface area contributed by atoms with Crippen LogP contribution < -0.4 is 32.1 Å². The van der Waals surface area contributed by atoms with Crippen LogP contribution in [0, 0.1) is 0 Å². The number of hydrogen-bond acceptors (Lipinski definition) is 9. The summed E-state index contributed by atoms with van der Waals surface area (Å²) in [6.07, 6.45) is -0.142. The van der Waals surface area contributed by atoms with Gasteiger partial charge in [-0.15, -0.1) is 0 Å². The van der Waals surface area contributed by atoms with Gasteiger partial charge in [-0.1, -0.05) is 6.07 Å². The van der Waals surface area contributed by atoms with Crippen molar-refractivity contribution in [1.82, 2.24) is 15.3 Å². The molecule has 180 valence electrons. The number of nitrogens with zero attached hydrogens (tertiary/aromatic N) is 2. The van der Waals surface area contributed by atoms with Crippen molar-refractivity contribution < 1.29 is 29.4 Å². The SMILES string of the molecule is Nc1nc2c(c(=O)[nH]1)NC(CN(C=O)c1cccc(C(=O)NC(CCC(=O)O)C(=O)O)c1)CN2. The van der Waals surface area contributed by atoms with Crippen molar-refractivity contribution >= 4 is 47.4 Å². The molecule has 8 N–H and O–H groups in total. The van der Waals surface area contributed by atoms with E-state index in [1.54, 1.807) is 6.07 Å². The Morgan fingerprint density at radius 1 is 1.32 bits per heavy atom. The van der Waals surface area contributed by atoms with E-state index in [9.17, 15) is 29.1 Å². The van der Waals surface area contributed by atoms with Gasteiger partial charge in [0.05, 0.1) is 6.04 Å². The lowest BCUT2D eigenvalue weighted by Crippen LogP contribution is -2.45. The second-order valence-electron chi connectivity index (χ2n) is 7.50. The Hall–Kier alpha value is -4.62. The first-order valence-corrected chi connectivity index (χ1v) is 10.2. The summed E-state index contributed by atoms with van der Waals surface area (Å²) in [5.74, 6) is -3.01. The number of anilines is 4. The number of nitrogen functional groups attached to an aromatic ring is 1. The quantitative estimate of drug-likeness (QED) is 0.213. The number of benzene rings is 1. The Balaban J connectivity index is 1.71. The van der Waals surface area contributed by atoms with Gasteiger partial charge in [0.25, 0.3) is 11.5 Å². The Morgan fingerprint density at radius 3 is 2.76 bits per heavy atom. The number of carboxylic acids is 2. The van der Waals surface area contributed by atoms with Gasteiger partial charge < -0.3 is 36.8 Å². The average molecular weight is 473 g/mol. The highest BCUT2D eigenvalue weighted by atomic mass is 16.4. The smallest absolute Gasteiger partial charge is 0.326 e. The van der Waals surface area contributed by atoms with Crippen LogP contribution >= 0.6 is 0 Å². The molecule has 14 heteroatoms. The van der Waals surface area contributed by atoms with Gasteiger partial charge in [-0.25, -0.2) is 4.79 Å². The molecule has 3 rings (SSSR count). The maximum Gasteiger partial charge on any atom is 0.326 e. The Kier molecular flexibility index (Phi) is 7.30. The fourth-order valence-corrected chi connectivity index (χ4v) is 3.38. The van der Waals surface area contributed by atoms with Gasteiger partial charge in [0.2, 0.25) is 12.4 Å². The fraction of sp³-hybridized carbons (Fsp3) is 0.300. The van der Waals surface area contributed by atoms with Crippen LogP contribution in [0.1, 0.15) is 23.2 Å². The van der Waals surface area contributed by atoms with E-state index in [4.69, 9.17) is 10.8 Å². The van der Waals surface area contributed by atoms with E-state index >= 15 is 0 Å². The van der Waals surface area contributed by atoms with Gasteiger partial charge in [-0.2, -0.15) is 4.98 Å². The van der Waals surface area contributed by atoms with E-state index in [-0.39, 0.29) is 36.2 Å². The number of aromatic amines is 1. The molecule has 2 unspecified atom stereocenters. The van der Waals surface area contributed by atoms with E-state index in [0.29, 0.717) is 24.5 Å². The maximum absolute atomic E-state index is 12.6. The lowest BCUT2D eigenvalue weighted by Gasteiger charge is -2.30. The Morgan fingerprint density at radius 2 is 2.09 bits per heavy atom. The van der Waals surface area contributed by atoms with Crippen molar-refractivity contribution in [2.45, 2.75) is 24.9 Å². The number of carbonyl (C=O) groups excluding carboxylic acids is 2. The molecular formula is C20H23N7O7. The monoisotopic (exact) mass is 473 g/mol. The third kappa shape index (κ3) is 5.79. The molecule has 0 saturated heterocycles. The number of nitrogens with one attached hydrogen (secondary N) is 4. The predicted octanol–water partition coefficient (Wildman–Crippen LogP) is -0.731. The summed E-state index contributed by atoms with van der Waals surface area (Å²) in [5.41, 5.74) is 5.69. The number of carboxylic acid groups (broad SMARTS) is 2. The first-order valence-electron chi connectivity index (χ1n) is 10.2. The molecule has 0 saturated carbocycles. The summed E-state index contributed by atoms with van der Waals surface area (Å²) in [7, 11) is 0. The predicted molar refractivity (Wildman–Crippen MR) is 121 cm³/mol. The lowest BCUT2D eigenvalue weighted by atomic mass is 10.1. The molecule has 0 radical (unpaired) electrons. The van der Waals surface area contributed by atoms with Crippen LogP contribution in [0.3, 0.4) is 0 Å². The number of rotatable bonds is 10. The second-order valence-corrected chi connectivity index (χ2v) is 7.50. The number of carbonyl (C=O) groups is 4. The minimum atomic E-state index is -1.38. The highest BCUT2D eigenvalue weighted by molar-refractivity contribution is 5.98. The number of aliphatic carboxylic acids is 2. The van der Waals surface area contributed by atoms with Crippen LogP contribution in [0.15, 0.2) is 29.1 Å². The summed E-state index contributed by atoms with van der Waals surface area (Å²) in [6, 6.07) is 4.18. The van der Waals surface area contributed by atoms with Crippen molar-refractivity contribution in [3.8, 4) is 0 Å². The topological polar surface area (TPSA) is 220 Å². The molecule has 0 spiro atoms. The molecule has 14 nitrogen and oxygen atoms in total. The number of H-pyrrole nitrogens is 1. The molecule has 1 aromatic heterocycles. The lowest BCUT2D eigenvalue weighted by molar-refractivity contribution is -0.140. The summed E-state index contributed by atoms with van der Waals surface area (Å²) in [5, 5.41) is 26.3. The minimum Gasteiger partial charge on any atom is -0.481 e. The zero-order valence-corrected chi connectivity index (χ0v) is 17.8. The average Bonchev–Trinajstić information content (AvgIpc) is 2.80. The first-order chi connectivity index (χ1) is 16.2. The molecule has 2 heterocycles. The van der Waals surface area contributed by atoms with Gasteiger partial charge in [0, 0.05) is 30.8 Å². The molecule has 0 aliphatic carbocycles. The summed E-state index contributed by atoms with van der Waals surface area (Å²) in [6.45, 7) is 0.457. The summed E-state index contributed by atoms with van der Waals surface area (Å²) >= 11 is 0. The van der Waals surface area contributed by atoms with Crippen molar-refractivity contribution in [1.29, 1.82) is 0 Å². The van der Waals surface area contributed by atoms with Crippen molar-refractivity contribution in [3.05, 3.63) is 40.2 Å². The largest absolute Gasteiger partial charge is 0.481 e. The number of fused-ring (bicyclic) bond motifs is 1. The van der Waals surface area contributed by atoms with Crippen molar-refractivity contribution in [2.24, 2.45) is 0 Å². The van der Waals surface area contributed by atoms with Gasteiger partial charge in [0.1, 0.15) is 11.7 Å². The third-order valence-electron chi connectivity index (χ3n) is 5.04. The highest BCUT2D eigenvalue weighted by Gasteiger charge is 2.25. The van der Waals surface area contributed by atoms with E-state index in [0.717, 1.165) is 0 Å². The first kappa shape index (κ1) is 24.0. The highest BCUT2D eigenvalue weighted by Crippen LogP contribution is 2.22. The van der Waals surface area contributed by atoms with Crippen LogP contribution in [0.2, 0.25) is 0 Å². The molecule has 2 atom stereocenters. The van der Waals surface area contributed by atoms with E-state index in [1.807, 2.05) is 0 Å². The molecule has 2 aromatic rings. The van der Waals surface area contributed by atoms with Crippen LogP contribution in [0.5, 0.6) is 0 Å². The van der Waals surface area contributed by atoms with E-state index < -0.39 is 35.9 Å². The molecule has 34 heavy (non-hydrogen) atoms. The third-order valence-corrected chi connectivity index (χ3v) is 5.04. The van der Waals surface area contributed by atoms with Crippen LogP contribution in [-0.4, -0.2) is 69.6 Å². The number of aromatic nitrogens is 2. The van der Waals surface area contributed by atoms with Crippen LogP contribution in [-0.2, 0) is 14.4 Å². The van der Waals surface area contributed by atoms with Gasteiger partial charge >= 0.3 is 11.9 Å². The molecule has 2 amide bonds. The molecular weight excluding hydrogens is 450 g/mol. The Bertz CT molecular complexity index is 1170. The van der Waals surface area contributed by atoms with Crippen LogP contribution in [0.25, 0.3) is 0 Å². The van der Waals surface area contributed by atoms with Crippen LogP contribution in [0.4, 0.5) is 23.1 Å². The zero-order valence-electron chi connectivity index (χ0n) is 17.8. The van der Waals surface area contributed by atoms with Gasteiger partial charge in [0.15, 0.2) is 5.82 Å². The van der Waals surface area contributed by atoms with E-state index in [1.165, 1.54) is 23.1 Å². The van der Waals surface area contributed by atoms with E-state index in [2.05, 4.69) is 25.9 Å². The standard InChI is InChI=1S/C20H23N7O7/c21-20-25-16-15(18(32)26-20)23-11(7-22-16)8-27(9-28)12-3-1-2-10(6-12)17(31)24-13(19(33)34)4-5-14(29)30/h1-3,6,9,11,13,23H,4-5,7-8H2,(H,24,31)(H,29,30)(H,33,34)(H4,21,22,25,26,32). The molecule has 0 bridgehead atoms. The van der Waals surface area contributed by atoms with Crippen molar-refractivity contribution in [2.75, 3.05) is 34.4 Å². The minimum absolute atomic E-state index is 0.0331. The zero-order chi connectivity index (χ0) is 24.8. The van der Waals surface area contributed by atoms with Crippen molar-refractivity contribution in [3.63, 3.8) is 0 Å². The maximum atomic E-state index is 12.6. The number of hydrogen-bond donors (Lipinski definition) is 7. The second kappa shape index (κ2) is 10.3. The molecule has 1 aliphatic rings. The molecule has 1 aliphatic heterocycles. The number of amides is 2. The van der Waals surface area contributed by atoms with Gasteiger partial charge in [-0.3, -0.25) is 24.2 Å².